The van der Waals surface area contributed by atoms with Crippen LogP contribution in [0.1, 0.15) is 32.1 Å². The Morgan fingerprint density at radius 2 is 2.09 bits per heavy atom. The zero-order valence-electron chi connectivity index (χ0n) is 17.9. The van der Waals surface area contributed by atoms with Crippen LogP contribution in [-0.4, -0.2) is 50.7 Å². The molecule has 1 amide bonds. The van der Waals surface area contributed by atoms with Crippen LogP contribution in [0, 0.1) is 29.6 Å². The highest BCUT2D eigenvalue weighted by molar-refractivity contribution is 7.13. The van der Waals surface area contributed by atoms with Crippen molar-refractivity contribution >= 4 is 22.9 Å². The minimum atomic E-state index is -4.59. The number of aryl methyl sites for hydroxylation is 1. The van der Waals surface area contributed by atoms with Crippen LogP contribution >= 0.6 is 11.3 Å². The van der Waals surface area contributed by atoms with Gasteiger partial charge in [0.1, 0.15) is 0 Å². The van der Waals surface area contributed by atoms with Gasteiger partial charge in [-0.05, 0) is 43.7 Å². The SMILES string of the molecule is COCC12CCN(c3ccc(C#N)c(C(F)(F)F)c3)CC1CN(C(=O)c1ccc(C)s1)C2. The van der Waals surface area contributed by atoms with E-state index in [-0.39, 0.29) is 22.8 Å². The lowest BCUT2D eigenvalue weighted by Gasteiger charge is -2.44. The number of amides is 1. The molecule has 1 aromatic heterocycles. The van der Waals surface area contributed by atoms with Crippen LogP contribution in [0.4, 0.5) is 18.9 Å². The van der Waals surface area contributed by atoms with Crippen LogP contribution < -0.4 is 4.90 Å². The Labute approximate surface area is 189 Å². The van der Waals surface area contributed by atoms with Gasteiger partial charge in [-0.15, -0.1) is 11.3 Å². The Balaban J connectivity index is 1.58. The molecule has 1 aromatic carbocycles. The molecule has 0 bridgehead atoms. The summed E-state index contributed by atoms with van der Waals surface area (Å²) in [4.78, 5) is 18.6. The highest BCUT2D eigenvalue weighted by Crippen LogP contribution is 2.45. The summed E-state index contributed by atoms with van der Waals surface area (Å²) in [5.41, 5.74) is -1.06. The fourth-order valence-corrected chi connectivity index (χ4v) is 5.80. The molecule has 2 aliphatic heterocycles. The minimum absolute atomic E-state index is 0.00254. The first kappa shape index (κ1) is 22.6. The monoisotopic (exact) mass is 463 g/mol. The van der Waals surface area contributed by atoms with Crippen molar-refractivity contribution in [3.8, 4) is 6.07 Å². The molecule has 2 aromatic rings. The van der Waals surface area contributed by atoms with Gasteiger partial charge < -0.3 is 14.5 Å². The lowest BCUT2D eigenvalue weighted by atomic mass is 9.73. The van der Waals surface area contributed by atoms with Gasteiger partial charge in [0.2, 0.25) is 0 Å². The third-order valence-electron chi connectivity index (χ3n) is 6.60. The van der Waals surface area contributed by atoms with Crippen molar-refractivity contribution in [2.45, 2.75) is 19.5 Å². The number of nitrogens with zero attached hydrogens (tertiary/aromatic N) is 3. The largest absolute Gasteiger partial charge is 0.417 e. The van der Waals surface area contributed by atoms with Crippen molar-refractivity contribution in [1.82, 2.24) is 4.90 Å². The molecule has 2 fully saturated rings. The number of fused-ring (bicyclic) bond motifs is 1. The molecule has 4 rings (SSSR count). The predicted molar refractivity (Wildman–Crippen MR) is 116 cm³/mol. The number of carbonyl (C=O) groups excluding carboxylic acids is 1. The van der Waals surface area contributed by atoms with E-state index >= 15 is 0 Å². The van der Waals surface area contributed by atoms with Crippen molar-refractivity contribution < 1.29 is 22.7 Å². The molecule has 5 nitrogen and oxygen atoms in total. The summed E-state index contributed by atoms with van der Waals surface area (Å²) >= 11 is 1.47. The molecule has 2 unspecified atom stereocenters. The fourth-order valence-electron chi connectivity index (χ4n) is 4.96. The number of carbonyl (C=O) groups is 1. The smallest absolute Gasteiger partial charge is 0.384 e. The summed E-state index contributed by atoms with van der Waals surface area (Å²) in [5.74, 6) is 0.0726. The zero-order chi connectivity index (χ0) is 23.1. The predicted octanol–water partition coefficient (Wildman–Crippen LogP) is 4.56. The number of nitriles is 1. The van der Waals surface area contributed by atoms with Gasteiger partial charge in [-0.25, -0.2) is 0 Å². The van der Waals surface area contributed by atoms with Crippen LogP contribution in [-0.2, 0) is 10.9 Å². The number of piperidine rings is 1. The van der Waals surface area contributed by atoms with Gasteiger partial charge in [-0.1, -0.05) is 0 Å². The number of hydrogen-bond donors (Lipinski definition) is 0. The summed E-state index contributed by atoms with van der Waals surface area (Å²) in [6.45, 7) is 4.67. The van der Waals surface area contributed by atoms with Gasteiger partial charge in [0.05, 0.1) is 28.7 Å². The van der Waals surface area contributed by atoms with E-state index in [1.807, 2.05) is 28.9 Å². The summed E-state index contributed by atoms with van der Waals surface area (Å²) in [7, 11) is 1.64. The second-order valence-corrected chi connectivity index (χ2v) is 9.91. The van der Waals surface area contributed by atoms with Gasteiger partial charge in [0.25, 0.3) is 5.91 Å². The van der Waals surface area contributed by atoms with Crippen LogP contribution in [0.25, 0.3) is 0 Å². The lowest BCUT2D eigenvalue weighted by molar-refractivity contribution is -0.137. The lowest BCUT2D eigenvalue weighted by Crippen LogP contribution is -2.49. The highest BCUT2D eigenvalue weighted by atomic mass is 32.1. The number of halogens is 3. The van der Waals surface area contributed by atoms with Crippen LogP contribution in [0.15, 0.2) is 30.3 Å². The number of hydrogen-bond acceptors (Lipinski definition) is 5. The summed E-state index contributed by atoms with van der Waals surface area (Å²) in [6.07, 6.45) is -3.88. The van der Waals surface area contributed by atoms with Crippen LogP contribution in [0.2, 0.25) is 0 Å². The Morgan fingerprint density at radius 1 is 1.31 bits per heavy atom. The van der Waals surface area contributed by atoms with E-state index in [9.17, 15) is 18.0 Å². The molecule has 0 aliphatic carbocycles. The van der Waals surface area contributed by atoms with E-state index < -0.39 is 11.7 Å². The third kappa shape index (κ3) is 4.09. The number of thiophene rings is 1. The maximum absolute atomic E-state index is 13.4. The number of rotatable bonds is 4. The molecule has 0 spiro atoms. The molecular weight excluding hydrogens is 439 g/mol. The molecule has 0 N–H and O–H groups in total. The standard InChI is InChI=1S/C23H24F3N3O2S/c1-15-3-6-20(32-15)21(30)29-12-17-11-28(8-7-22(17,13-29)14-31-2)18-5-4-16(10-27)19(9-18)23(24,25)26/h3-6,9,17H,7-8,11-14H2,1-2H3. The molecule has 0 radical (unpaired) electrons. The van der Waals surface area contributed by atoms with E-state index in [4.69, 9.17) is 10.00 Å². The Bertz CT molecular complexity index is 1060. The number of methoxy groups -OCH3 is 1. The van der Waals surface area contributed by atoms with Crippen molar-refractivity contribution in [2.24, 2.45) is 11.3 Å². The first-order chi connectivity index (χ1) is 15.2. The van der Waals surface area contributed by atoms with Crippen molar-refractivity contribution in [1.29, 1.82) is 5.26 Å². The Hall–Kier alpha value is -2.57. The Morgan fingerprint density at radius 3 is 2.72 bits per heavy atom. The number of likely N-dealkylation sites (tertiary alicyclic amines) is 1. The Kier molecular flexibility index (Phi) is 5.94. The topological polar surface area (TPSA) is 56.6 Å². The molecule has 3 heterocycles. The first-order valence-corrected chi connectivity index (χ1v) is 11.2. The maximum Gasteiger partial charge on any atom is 0.417 e. The van der Waals surface area contributed by atoms with Crippen molar-refractivity contribution in [3.63, 3.8) is 0 Å². The highest BCUT2D eigenvalue weighted by Gasteiger charge is 2.51. The van der Waals surface area contributed by atoms with Crippen molar-refractivity contribution in [2.75, 3.05) is 44.8 Å². The van der Waals surface area contributed by atoms with Crippen molar-refractivity contribution in [3.05, 3.63) is 51.2 Å². The van der Waals surface area contributed by atoms with Gasteiger partial charge in [-0.2, -0.15) is 18.4 Å². The molecule has 2 aliphatic rings. The number of benzene rings is 1. The quantitative estimate of drug-likeness (QED) is 0.667. The van der Waals surface area contributed by atoms with Gasteiger partial charge in [0.15, 0.2) is 0 Å². The summed E-state index contributed by atoms with van der Waals surface area (Å²) < 4.78 is 45.8. The van der Waals surface area contributed by atoms with E-state index in [1.165, 1.54) is 17.4 Å². The average Bonchev–Trinajstić information content (AvgIpc) is 3.35. The number of ether oxygens (including phenoxy) is 1. The molecule has 32 heavy (non-hydrogen) atoms. The molecule has 0 saturated carbocycles. The van der Waals surface area contributed by atoms with E-state index in [0.717, 1.165) is 10.9 Å². The van der Waals surface area contributed by atoms with Gasteiger partial charge >= 0.3 is 6.18 Å². The van der Waals surface area contributed by atoms with E-state index in [2.05, 4.69) is 0 Å². The maximum atomic E-state index is 13.4. The molecule has 9 heteroatoms. The zero-order valence-corrected chi connectivity index (χ0v) is 18.7. The van der Waals surface area contributed by atoms with E-state index in [0.29, 0.717) is 49.8 Å². The normalized spacial score (nSPS) is 23.2. The minimum Gasteiger partial charge on any atom is -0.384 e. The average molecular weight is 464 g/mol. The number of alkyl halides is 3. The van der Waals surface area contributed by atoms with Gasteiger partial charge in [-0.3, -0.25) is 4.79 Å². The molecular formula is C23H24F3N3O2S. The second-order valence-electron chi connectivity index (χ2n) is 8.62. The summed E-state index contributed by atoms with van der Waals surface area (Å²) in [6, 6.07) is 9.27. The number of anilines is 1. The van der Waals surface area contributed by atoms with E-state index in [1.54, 1.807) is 19.2 Å². The van der Waals surface area contributed by atoms with Crippen LogP contribution in [0.3, 0.4) is 0 Å². The summed E-state index contributed by atoms with van der Waals surface area (Å²) in [5, 5.41) is 9.06. The molecule has 170 valence electrons. The molecule has 2 saturated heterocycles. The second kappa shape index (κ2) is 8.41. The van der Waals surface area contributed by atoms with Gasteiger partial charge in [0, 0.05) is 55.2 Å². The third-order valence-corrected chi connectivity index (χ3v) is 7.59. The molecule has 2 atom stereocenters. The fraction of sp³-hybridized carbons (Fsp3) is 0.478. The van der Waals surface area contributed by atoms with Crippen LogP contribution in [0.5, 0.6) is 0 Å². The first-order valence-electron chi connectivity index (χ1n) is 10.4.